The summed E-state index contributed by atoms with van der Waals surface area (Å²) < 4.78 is 33.1. The van der Waals surface area contributed by atoms with Gasteiger partial charge in [0.15, 0.2) is 0 Å². The molecule has 49 heavy (non-hydrogen) atoms. The first kappa shape index (κ1) is 48.3. The molecule has 0 amide bonds. The van der Waals surface area contributed by atoms with E-state index in [1.54, 1.807) is 0 Å². The van der Waals surface area contributed by atoms with Gasteiger partial charge in [-0.3, -0.25) is 4.79 Å². The van der Waals surface area contributed by atoms with Crippen LogP contribution in [0.3, 0.4) is 0 Å². The number of unbranched alkanes of at least 4 members (excludes halogenated alkanes) is 25. The van der Waals surface area contributed by atoms with E-state index in [4.69, 9.17) is 28.4 Å². The van der Waals surface area contributed by atoms with E-state index in [0.717, 1.165) is 25.9 Å². The van der Waals surface area contributed by atoms with Gasteiger partial charge in [0.2, 0.25) is 0 Å². The summed E-state index contributed by atoms with van der Waals surface area (Å²) >= 11 is 0. The zero-order valence-corrected chi connectivity index (χ0v) is 32.9. The van der Waals surface area contributed by atoms with Crippen molar-refractivity contribution >= 4 is 5.97 Å². The number of carbonyl (C=O) groups excluding carboxylic acids is 1. The van der Waals surface area contributed by atoms with Crippen molar-refractivity contribution < 1.29 is 33.2 Å². The molecule has 0 bridgehead atoms. The normalized spacial score (nSPS) is 11.5. The molecule has 0 rings (SSSR count). The molecule has 0 unspecified atom stereocenters. The summed E-state index contributed by atoms with van der Waals surface area (Å²) in [5.41, 5.74) is 0. The smallest absolute Gasteiger partial charge is 0.305 e. The van der Waals surface area contributed by atoms with E-state index in [2.05, 4.69) is 13.8 Å². The third-order valence-electron chi connectivity index (χ3n) is 9.11. The van der Waals surface area contributed by atoms with Gasteiger partial charge in [-0.05, 0) is 12.8 Å². The quantitative estimate of drug-likeness (QED) is 0.0463. The molecule has 0 aliphatic heterocycles. The predicted molar refractivity (Wildman–Crippen MR) is 206 cm³/mol. The van der Waals surface area contributed by atoms with Gasteiger partial charge in [0.1, 0.15) is 6.61 Å². The summed E-state index contributed by atoms with van der Waals surface area (Å²) in [6.45, 7) is 10.6. The first-order valence-electron chi connectivity index (χ1n) is 21.4. The molecule has 0 heterocycles. The van der Waals surface area contributed by atoms with E-state index in [1.165, 1.54) is 154 Å². The second kappa shape index (κ2) is 45.3. The molecule has 0 radical (unpaired) electrons. The summed E-state index contributed by atoms with van der Waals surface area (Å²) in [7, 11) is 0. The first-order chi connectivity index (χ1) is 24.3. The summed E-state index contributed by atoms with van der Waals surface area (Å²) in [5.74, 6) is -0.114. The fourth-order valence-electron chi connectivity index (χ4n) is 5.95. The molecule has 294 valence electrons. The summed E-state index contributed by atoms with van der Waals surface area (Å²) in [4.78, 5) is 11.9. The lowest BCUT2D eigenvalue weighted by Crippen LogP contribution is -2.15. The molecule has 0 N–H and O–H groups in total. The van der Waals surface area contributed by atoms with Gasteiger partial charge in [-0.1, -0.05) is 174 Å². The van der Waals surface area contributed by atoms with E-state index in [9.17, 15) is 4.79 Å². The van der Waals surface area contributed by atoms with Crippen LogP contribution in [0, 0.1) is 0 Å². The van der Waals surface area contributed by atoms with Crippen LogP contribution >= 0.6 is 0 Å². The molecule has 0 aromatic heterocycles. The highest BCUT2D eigenvalue weighted by Crippen LogP contribution is 2.14. The third kappa shape index (κ3) is 45.2. The second-order valence-corrected chi connectivity index (χ2v) is 13.9. The van der Waals surface area contributed by atoms with Gasteiger partial charge < -0.3 is 28.4 Å². The third-order valence-corrected chi connectivity index (χ3v) is 9.11. The largest absolute Gasteiger partial charge is 0.463 e. The van der Waals surface area contributed by atoms with Crippen molar-refractivity contribution in [3.05, 3.63) is 0 Å². The lowest BCUT2D eigenvalue weighted by Gasteiger charge is -2.08. The Bertz CT molecular complexity index is 604. The average molecular weight is 701 g/mol. The van der Waals surface area contributed by atoms with Crippen LogP contribution in [0.2, 0.25) is 0 Å². The van der Waals surface area contributed by atoms with Crippen molar-refractivity contribution in [2.45, 2.75) is 194 Å². The van der Waals surface area contributed by atoms with Gasteiger partial charge in [0, 0.05) is 13.0 Å². The number of ether oxygens (including phenoxy) is 6. The van der Waals surface area contributed by atoms with Crippen LogP contribution in [-0.4, -0.2) is 78.6 Å². The SMILES string of the molecule is CCCCCCCCCCCCCCCCOCCOCCOCCOCCOCCOC(=O)CCCCCCCCCCCCCCC. The minimum Gasteiger partial charge on any atom is -0.463 e. The lowest BCUT2D eigenvalue weighted by atomic mass is 10.0. The maximum absolute atomic E-state index is 11.9. The molecule has 0 spiro atoms. The van der Waals surface area contributed by atoms with Crippen LogP contribution in [0.4, 0.5) is 0 Å². The molecular formula is C42H84O7. The van der Waals surface area contributed by atoms with Crippen LogP contribution in [0.25, 0.3) is 0 Å². The van der Waals surface area contributed by atoms with Gasteiger partial charge in [0.05, 0.1) is 59.5 Å². The van der Waals surface area contributed by atoms with Crippen molar-refractivity contribution in [1.82, 2.24) is 0 Å². The van der Waals surface area contributed by atoms with Gasteiger partial charge >= 0.3 is 5.97 Å². The molecule has 0 aliphatic rings. The van der Waals surface area contributed by atoms with Crippen molar-refractivity contribution in [3.63, 3.8) is 0 Å². The Hall–Kier alpha value is -0.730. The monoisotopic (exact) mass is 701 g/mol. The van der Waals surface area contributed by atoms with Crippen LogP contribution < -0.4 is 0 Å². The van der Waals surface area contributed by atoms with Crippen molar-refractivity contribution in [1.29, 1.82) is 0 Å². The maximum Gasteiger partial charge on any atom is 0.305 e. The number of rotatable bonds is 44. The Morgan fingerprint density at radius 3 is 0.857 bits per heavy atom. The second-order valence-electron chi connectivity index (χ2n) is 13.9. The number of carbonyl (C=O) groups is 1. The van der Waals surface area contributed by atoms with E-state index in [0.29, 0.717) is 72.5 Å². The molecule has 0 fully saturated rings. The highest BCUT2D eigenvalue weighted by atomic mass is 16.6. The summed E-state index contributed by atoms with van der Waals surface area (Å²) in [6.07, 6.45) is 36.8. The van der Waals surface area contributed by atoms with E-state index < -0.39 is 0 Å². The minimum atomic E-state index is -0.114. The Morgan fingerprint density at radius 2 is 0.531 bits per heavy atom. The lowest BCUT2D eigenvalue weighted by molar-refractivity contribution is -0.145. The molecule has 7 nitrogen and oxygen atoms in total. The fourth-order valence-corrected chi connectivity index (χ4v) is 5.95. The molecule has 0 saturated carbocycles. The van der Waals surface area contributed by atoms with E-state index >= 15 is 0 Å². The molecule has 0 saturated heterocycles. The van der Waals surface area contributed by atoms with Crippen LogP contribution in [0.15, 0.2) is 0 Å². The Balaban J connectivity index is 3.12. The molecular weight excluding hydrogens is 616 g/mol. The highest BCUT2D eigenvalue weighted by molar-refractivity contribution is 5.69. The van der Waals surface area contributed by atoms with Crippen molar-refractivity contribution in [3.8, 4) is 0 Å². The maximum atomic E-state index is 11.9. The number of hydrogen-bond donors (Lipinski definition) is 0. The Morgan fingerprint density at radius 1 is 0.286 bits per heavy atom. The molecule has 0 aromatic carbocycles. The predicted octanol–water partition coefficient (Wildman–Crippen LogP) is 11.6. The molecule has 0 aliphatic carbocycles. The average Bonchev–Trinajstić information content (AvgIpc) is 3.11. The van der Waals surface area contributed by atoms with E-state index in [-0.39, 0.29) is 5.97 Å². The van der Waals surface area contributed by atoms with Crippen LogP contribution in [-0.2, 0) is 33.2 Å². The number of hydrogen-bond acceptors (Lipinski definition) is 7. The van der Waals surface area contributed by atoms with E-state index in [1.807, 2.05) is 0 Å². The molecule has 7 heteroatoms. The highest BCUT2D eigenvalue weighted by Gasteiger charge is 2.03. The van der Waals surface area contributed by atoms with Gasteiger partial charge in [-0.25, -0.2) is 0 Å². The summed E-state index contributed by atoms with van der Waals surface area (Å²) in [5, 5.41) is 0. The van der Waals surface area contributed by atoms with Crippen molar-refractivity contribution in [2.24, 2.45) is 0 Å². The van der Waals surface area contributed by atoms with Gasteiger partial charge in [-0.2, -0.15) is 0 Å². The molecule has 0 atom stereocenters. The number of esters is 1. The van der Waals surface area contributed by atoms with Crippen LogP contribution in [0.5, 0.6) is 0 Å². The van der Waals surface area contributed by atoms with Gasteiger partial charge in [0.25, 0.3) is 0 Å². The zero-order valence-electron chi connectivity index (χ0n) is 32.9. The fraction of sp³-hybridized carbons (Fsp3) is 0.976. The van der Waals surface area contributed by atoms with Crippen molar-refractivity contribution in [2.75, 3.05) is 72.7 Å². The Labute approximate surface area is 305 Å². The standard InChI is InChI=1S/C42H84O7/c1-3-5-7-9-11-13-15-17-19-21-23-25-27-29-31-44-32-33-45-34-35-46-36-37-47-38-39-48-40-41-49-42(43)30-28-26-24-22-20-18-16-14-12-10-8-6-4-2/h3-41H2,1-2H3. The van der Waals surface area contributed by atoms with Gasteiger partial charge in [-0.15, -0.1) is 0 Å². The zero-order chi connectivity index (χ0) is 35.4. The topological polar surface area (TPSA) is 72.5 Å². The first-order valence-corrected chi connectivity index (χ1v) is 21.4. The summed E-state index contributed by atoms with van der Waals surface area (Å²) in [6, 6.07) is 0. The minimum absolute atomic E-state index is 0.114. The van der Waals surface area contributed by atoms with Crippen LogP contribution in [0.1, 0.15) is 194 Å². The Kier molecular flexibility index (Phi) is 44.6. The molecule has 0 aromatic rings.